The number of esters is 1. The van der Waals surface area contributed by atoms with Crippen molar-refractivity contribution < 1.29 is 13.9 Å². The Morgan fingerprint density at radius 1 is 1.10 bits per heavy atom. The summed E-state index contributed by atoms with van der Waals surface area (Å²) in [6, 6.07) is 16.5. The van der Waals surface area contributed by atoms with Crippen molar-refractivity contribution in [3.8, 4) is 0 Å². The highest BCUT2D eigenvalue weighted by molar-refractivity contribution is 7.23. The van der Waals surface area contributed by atoms with Crippen LogP contribution in [0.5, 0.6) is 0 Å². The molecule has 0 aliphatic rings. The first-order valence-corrected chi connectivity index (χ1v) is 9.89. The molecule has 0 spiro atoms. The van der Waals surface area contributed by atoms with Gasteiger partial charge in [-0.25, -0.2) is 9.97 Å². The average molecular weight is 405 g/mol. The highest BCUT2D eigenvalue weighted by atomic mass is 32.1. The Balaban J connectivity index is 1.26. The lowest BCUT2D eigenvalue weighted by Gasteiger charge is -2.04. The number of hydrogen-bond donors (Lipinski definition) is 0. The average Bonchev–Trinajstić information content (AvgIpc) is 3.31. The maximum atomic E-state index is 12.5. The van der Waals surface area contributed by atoms with E-state index in [2.05, 4.69) is 9.97 Å². The van der Waals surface area contributed by atoms with Gasteiger partial charge in [-0.05, 0) is 24.3 Å². The molecule has 3 aromatic heterocycles. The summed E-state index contributed by atoms with van der Waals surface area (Å²) in [6.07, 6.45) is 0.482. The number of aromatic nitrogens is 3. The molecule has 0 saturated carbocycles. The zero-order chi connectivity index (χ0) is 19.8. The fraction of sp³-hybridized carbons (Fsp3) is 0.143. The van der Waals surface area contributed by atoms with Crippen molar-refractivity contribution in [2.75, 3.05) is 0 Å². The number of para-hydroxylation sites is 3. The van der Waals surface area contributed by atoms with Crippen molar-refractivity contribution >= 4 is 43.6 Å². The van der Waals surface area contributed by atoms with Gasteiger partial charge in [0.25, 0.3) is 5.56 Å². The number of carbonyl (C=O) groups is 1. The first-order chi connectivity index (χ1) is 14.2. The molecule has 8 heteroatoms. The molecule has 2 aromatic carbocycles. The number of ether oxygens (including phenoxy) is 1. The fourth-order valence-electron chi connectivity index (χ4n) is 3.16. The summed E-state index contributed by atoms with van der Waals surface area (Å²) in [6.45, 7) is -0.0492. The summed E-state index contributed by atoms with van der Waals surface area (Å²) >= 11 is 1.42. The number of aryl methyl sites for hydroxylation is 1. The zero-order valence-electron chi connectivity index (χ0n) is 15.2. The smallest absolute Gasteiger partial charge is 0.306 e. The van der Waals surface area contributed by atoms with Crippen LogP contribution in [-0.4, -0.2) is 20.3 Å². The van der Waals surface area contributed by atoms with Gasteiger partial charge in [-0.2, -0.15) is 0 Å². The molecule has 0 unspecified atom stereocenters. The highest BCUT2D eigenvalue weighted by Gasteiger charge is 2.12. The second-order valence-electron chi connectivity index (χ2n) is 6.51. The molecule has 0 amide bonds. The third-order valence-electron chi connectivity index (χ3n) is 4.51. The molecular weight excluding hydrogens is 390 g/mol. The molecule has 29 heavy (non-hydrogen) atoms. The van der Waals surface area contributed by atoms with E-state index in [1.54, 1.807) is 4.40 Å². The Labute approximate surface area is 168 Å². The Hall–Kier alpha value is -3.52. The summed E-state index contributed by atoms with van der Waals surface area (Å²) < 4.78 is 13.4. The number of carbonyl (C=O) groups excluding carboxylic acids is 1. The van der Waals surface area contributed by atoms with E-state index in [0.29, 0.717) is 28.5 Å². The number of hydrogen-bond acceptors (Lipinski definition) is 7. The van der Waals surface area contributed by atoms with Crippen molar-refractivity contribution in [1.29, 1.82) is 0 Å². The number of nitrogens with zero attached hydrogens (tertiary/aromatic N) is 3. The molecule has 3 heterocycles. The van der Waals surface area contributed by atoms with E-state index in [4.69, 9.17) is 9.15 Å². The van der Waals surface area contributed by atoms with Crippen molar-refractivity contribution in [2.24, 2.45) is 0 Å². The van der Waals surface area contributed by atoms with E-state index in [1.165, 1.54) is 17.4 Å². The lowest BCUT2D eigenvalue weighted by atomic mass is 10.3. The number of fused-ring (bicyclic) bond motifs is 4. The first-order valence-electron chi connectivity index (χ1n) is 9.08. The van der Waals surface area contributed by atoms with Gasteiger partial charge in [0, 0.05) is 12.5 Å². The quantitative estimate of drug-likeness (QED) is 0.414. The van der Waals surface area contributed by atoms with Crippen LogP contribution in [0.2, 0.25) is 0 Å². The largest absolute Gasteiger partial charge is 0.459 e. The Morgan fingerprint density at radius 2 is 1.93 bits per heavy atom. The molecule has 0 fully saturated rings. The molecule has 5 rings (SSSR count). The minimum atomic E-state index is -0.398. The molecule has 0 N–H and O–H groups in total. The summed E-state index contributed by atoms with van der Waals surface area (Å²) in [5.41, 5.74) is 2.52. The monoisotopic (exact) mass is 405 g/mol. The normalized spacial score (nSPS) is 11.4. The van der Waals surface area contributed by atoms with Crippen LogP contribution >= 0.6 is 11.3 Å². The predicted octanol–water partition coefficient (Wildman–Crippen LogP) is 3.73. The minimum absolute atomic E-state index is 0.0492. The molecular formula is C21H15N3O4S. The number of thiazole rings is 1. The maximum Gasteiger partial charge on any atom is 0.306 e. The molecule has 0 aliphatic heterocycles. The van der Waals surface area contributed by atoms with Gasteiger partial charge in [-0.1, -0.05) is 35.6 Å². The lowest BCUT2D eigenvalue weighted by molar-refractivity contribution is -0.145. The fourth-order valence-corrected chi connectivity index (χ4v) is 4.21. The van der Waals surface area contributed by atoms with Gasteiger partial charge in [-0.3, -0.25) is 14.0 Å². The van der Waals surface area contributed by atoms with Gasteiger partial charge in [0.15, 0.2) is 16.4 Å². The van der Waals surface area contributed by atoms with Crippen LogP contribution in [0.3, 0.4) is 0 Å². The van der Waals surface area contributed by atoms with Gasteiger partial charge in [0.05, 0.1) is 22.3 Å². The molecule has 5 aromatic rings. The van der Waals surface area contributed by atoms with Crippen LogP contribution in [0.15, 0.2) is 63.8 Å². The van der Waals surface area contributed by atoms with E-state index < -0.39 is 5.97 Å². The standard InChI is InChI=1S/C21H15N3O4S/c25-19-11-13(22-21-24(19)15-6-2-4-8-17(15)29-21)12-27-20(26)10-9-18-23-14-5-1-3-7-16(14)28-18/h1-8,11H,9-10,12H2. The molecule has 144 valence electrons. The minimum Gasteiger partial charge on any atom is -0.459 e. The van der Waals surface area contributed by atoms with E-state index >= 15 is 0 Å². The predicted molar refractivity (Wildman–Crippen MR) is 109 cm³/mol. The summed E-state index contributed by atoms with van der Waals surface area (Å²) in [5, 5.41) is 0. The Bertz CT molecular complexity index is 1380. The van der Waals surface area contributed by atoms with Crippen molar-refractivity contribution in [1.82, 2.24) is 14.4 Å². The SMILES string of the molecule is O=C(CCc1nc2ccccc2o1)OCc1cc(=O)n2c(n1)sc1ccccc12. The second-order valence-corrected chi connectivity index (χ2v) is 7.52. The number of benzene rings is 2. The Morgan fingerprint density at radius 3 is 2.83 bits per heavy atom. The van der Waals surface area contributed by atoms with Gasteiger partial charge >= 0.3 is 5.97 Å². The van der Waals surface area contributed by atoms with E-state index in [-0.39, 0.29) is 18.6 Å². The number of oxazole rings is 1. The lowest BCUT2D eigenvalue weighted by Crippen LogP contribution is -2.15. The van der Waals surface area contributed by atoms with Crippen LogP contribution in [0.4, 0.5) is 0 Å². The van der Waals surface area contributed by atoms with Crippen LogP contribution in [0.25, 0.3) is 26.3 Å². The van der Waals surface area contributed by atoms with Gasteiger partial charge in [0.1, 0.15) is 12.1 Å². The molecule has 0 radical (unpaired) electrons. The summed E-state index contributed by atoms with van der Waals surface area (Å²) in [5.74, 6) is 0.0943. The van der Waals surface area contributed by atoms with Crippen LogP contribution in [0.1, 0.15) is 18.0 Å². The van der Waals surface area contributed by atoms with Crippen molar-refractivity contribution in [2.45, 2.75) is 19.4 Å². The van der Waals surface area contributed by atoms with Crippen LogP contribution < -0.4 is 5.56 Å². The van der Waals surface area contributed by atoms with Gasteiger partial charge in [0.2, 0.25) is 0 Å². The topological polar surface area (TPSA) is 86.7 Å². The van der Waals surface area contributed by atoms with Gasteiger partial charge < -0.3 is 9.15 Å². The summed E-state index contributed by atoms with van der Waals surface area (Å²) in [4.78, 5) is 34.0. The number of rotatable bonds is 5. The zero-order valence-corrected chi connectivity index (χ0v) is 16.0. The van der Waals surface area contributed by atoms with Crippen molar-refractivity contribution in [3.05, 3.63) is 76.5 Å². The first kappa shape index (κ1) is 17.6. The van der Waals surface area contributed by atoms with Crippen LogP contribution in [-0.2, 0) is 22.6 Å². The van der Waals surface area contributed by atoms with Gasteiger partial charge in [-0.15, -0.1) is 0 Å². The summed E-state index contributed by atoms with van der Waals surface area (Å²) in [7, 11) is 0. The molecule has 0 aliphatic carbocycles. The maximum absolute atomic E-state index is 12.5. The highest BCUT2D eigenvalue weighted by Crippen LogP contribution is 2.23. The second kappa shape index (κ2) is 7.14. The van der Waals surface area contributed by atoms with E-state index in [1.807, 2.05) is 48.5 Å². The van der Waals surface area contributed by atoms with Crippen LogP contribution in [0, 0.1) is 0 Å². The van der Waals surface area contributed by atoms with Crippen molar-refractivity contribution in [3.63, 3.8) is 0 Å². The van der Waals surface area contributed by atoms with E-state index in [9.17, 15) is 9.59 Å². The molecule has 0 atom stereocenters. The Kier molecular flexibility index (Phi) is 4.33. The third-order valence-corrected chi connectivity index (χ3v) is 5.53. The third kappa shape index (κ3) is 3.38. The van der Waals surface area contributed by atoms with E-state index in [0.717, 1.165) is 15.7 Å². The molecule has 0 bridgehead atoms. The molecule has 0 saturated heterocycles. The molecule has 7 nitrogen and oxygen atoms in total.